The van der Waals surface area contributed by atoms with E-state index < -0.39 is 5.91 Å². The number of halogens is 2. The van der Waals surface area contributed by atoms with Gasteiger partial charge in [0, 0.05) is 0 Å². The van der Waals surface area contributed by atoms with Gasteiger partial charge in [-0.2, -0.15) is 5.21 Å². The van der Waals surface area contributed by atoms with Gasteiger partial charge in [0.15, 0.2) is 5.15 Å². The Hall–Kier alpha value is -1.73. The van der Waals surface area contributed by atoms with Crippen molar-refractivity contribution in [2.45, 2.75) is 6.92 Å². The Morgan fingerprint density at radius 1 is 1.47 bits per heavy atom. The van der Waals surface area contributed by atoms with E-state index in [9.17, 15) is 4.79 Å². The molecule has 2 aromatic heterocycles. The van der Waals surface area contributed by atoms with Gasteiger partial charge in [0.25, 0.3) is 11.7 Å². The zero-order chi connectivity index (χ0) is 12.4. The number of aryl methyl sites for hydroxylation is 1. The molecular weight excluding hydrogens is 267 g/mol. The maximum atomic E-state index is 11.6. The van der Waals surface area contributed by atoms with Crippen molar-refractivity contribution in [3.8, 4) is 0 Å². The van der Waals surface area contributed by atoms with E-state index in [1.165, 1.54) is 0 Å². The van der Waals surface area contributed by atoms with Gasteiger partial charge in [-0.25, -0.2) is 4.98 Å². The van der Waals surface area contributed by atoms with Crippen molar-refractivity contribution in [3.63, 3.8) is 0 Å². The Bertz CT molecular complexity index is 532. The summed E-state index contributed by atoms with van der Waals surface area (Å²) in [6.45, 7) is 1.74. The lowest BCUT2D eigenvalue weighted by Crippen LogP contribution is -2.15. The maximum absolute atomic E-state index is 11.6. The van der Waals surface area contributed by atoms with Gasteiger partial charge in [-0.15, -0.1) is 10.2 Å². The fraction of sp³-hybridized carbons (Fsp3) is 0.125. The van der Waals surface area contributed by atoms with Gasteiger partial charge in [0.05, 0.1) is 5.69 Å². The molecular formula is C8H6Cl2N6O. The Balaban J connectivity index is 2.28. The molecule has 2 N–H and O–H groups in total. The van der Waals surface area contributed by atoms with Gasteiger partial charge in [-0.1, -0.05) is 23.2 Å². The van der Waals surface area contributed by atoms with Gasteiger partial charge in [0.2, 0.25) is 0 Å². The number of nitrogens with zero attached hydrogens (tertiary/aromatic N) is 4. The van der Waals surface area contributed by atoms with E-state index in [1.54, 1.807) is 13.0 Å². The highest BCUT2D eigenvalue weighted by Gasteiger charge is 2.15. The molecule has 0 spiro atoms. The SMILES string of the molecule is Cc1cc(Cl)nc(Cl)c1NC(=O)c1nn[nH]n1. The number of carbonyl (C=O) groups is 1. The van der Waals surface area contributed by atoms with E-state index >= 15 is 0 Å². The zero-order valence-corrected chi connectivity index (χ0v) is 10.0. The lowest BCUT2D eigenvalue weighted by molar-refractivity contribution is 0.101. The lowest BCUT2D eigenvalue weighted by Gasteiger charge is -2.08. The molecule has 0 aromatic carbocycles. The van der Waals surface area contributed by atoms with E-state index in [0.717, 1.165) is 0 Å². The van der Waals surface area contributed by atoms with E-state index in [4.69, 9.17) is 23.2 Å². The minimum atomic E-state index is -0.534. The number of hydrogen-bond acceptors (Lipinski definition) is 5. The van der Waals surface area contributed by atoms with Crippen LogP contribution in [0.5, 0.6) is 0 Å². The second-order valence-corrected chi connectivity index (χ2v) is 3.86. The normalized spacial score (nSPS) is 10.3. The molecule has 2 heterocycles. The van der Waals surface area contributed by atoms with E-state index in [0.29, 0.717) is 11.3 Å². The molecule has 0 aliphatic carbocycles. The Kier molecular flexibility index (Phi) is 3.21. The summed E-state index contributed by atoms with van der Waals surface area (Å²) in [5, 5.41) is 15.4. The maximum Gasteiger partial charge on any atom is 0.297 e. The molecule has 0 radical (unpaired) electrons. The zero-order valence-electron chi connectivity index (χ0n) is 8.53. The smallest absolute Gasteiger partial charge is 0.297 e. The van der Waals surface area contributed by atoms with Crippen LogP contribution in [0.15, 0.2) is 6.07 Å². The third kappa shape index (κ3) is 2.51. The summed E-state index contributed by atoms with van der Waals surface area (Å²) in [5.74, 6) is -0.622. The van der Waals surface area contributed by atoms with Crippen molar-refractivity contribution >= 4 is 34.8 Å². The van der Waals surface area contributed by atoms with Gasteiger partial charge >= 0.3 is 0 Å². The second-order valence-electron chi connectivity index (χ2n) is 3.12. The molecule has 1 amide bonds. The van der Waals surface area contributed by atoms with Gasteiger partial charge in [-0.3, -0.25) is 4.79 Å². The first-order valence-electron chi connectivity index (χ1n) is 4.45. The highest BCUT2D eigenvalue weighted by atomic mass is 35.5. The number of H-pyrrole nitrogens is 1. The van der Waals surface area contributed by atoms with Crippen molar-refractivity contribution in [2.75, 3.05) is 5.32 Å². The molecule has 0 atom stereocenters. The van der Waals surface area contributed by atoms with Crippen LogP contribution < -0.4 is 5.32 Å². The van der Waals surface area contributed by atoms with Crippen molar-refractivity contribution in [3.05, 3.63) is 27.8 Å². The number of anilines is 1. The number of hydrogen-bond donors (Lipinski definition) is 2. The fourth-order valence-electron chi connectivity index (χ4n) is 1.17. The molecule has 17 heavy (non-hydrogen) atoms. The predicted octanol–water partition coefficient (Wildman–Crippen LogP) is 1.46. The molecule has 0 saturated carbocycles. The highest BCUT2D eigenvalue weighted by Crippen LogP contribution is 2.26. The van der Waals surface area contributed by atoms with Crippen LogP contribution >= 0.6 is 23.2 Å². The fourth-order valence-corrected chi connectivity index (χ4v) is 1.75. The van der Waals surface area contributed by atoms with Crippen molar-refractivity contribution < 1.29 is 4.79 Å². The summed E-state index contributed by atoms with van der Waals surface area (Å²) in [6, 6.07) is 1.58. The molecule has 7 nitrogen and oxygen atoms in total. The van der Waals surface area contributed by atoms with Crippen molar-refractivity contribution in [1.82, 2.24) is 25.6 Å². The third-order valence-electron chi connectivity index (χ3n) is 1.93. The first kappa shape index (κ1) is 11.7. The van der Waals surface area contributed by atoms with Crippen molar-refractivity contribution in [1.29, 1.82) is 0 Å². The Morgan fingerprint density at radius 2 is 2.24 bits per heavy atom. The highest BCUT2D eigenvalue weighted by molar-refractivity contribution is 6.35. The molecule has 0 fully saturated rings. The van der Waals surface area contributed by atoms with Gasteiger partial charge in [0.1, 0.15) is 5.15 Å². The number of aromatic nitrogens is 5. The number of aromatic amines is 1. The molecule has 0 aliphatic heterocycles. The largest absolute Gasteiger partial charge is 0.316 e. The van der Waals surface area contributed by atoms with Crippen LogP contribution in [0.2, 0.25) is 10.3 Å². The lowest BCUT2D eigenvalue weighted by atomic mass is 10.2. The van der Waals surface area contributed by atoms with Crippen LogP contribution in [0.4, 0.5) is 5.69 Å². The number of amides is 1. The number of nitrogens with one attached hydrogen (secondary N) is 2. The van der Waals surface area contributed by atoms with Crippen LogP contribution in [-0.2, 0) is 0 Å². The Labute approximate surface area is 106 Å². The molecule has 2 aromatic rings. The molecule has 0 bridgehead atoms. The van der Waals surface area contributed by atoms with E-state index in [-0.39, 0.29) is 16.1 Å². The molecule has 2 rings (SSSR count). The van der Waals surface area contributed by atoms with Crippen LogP contribution in [0.3, 0.4) is 0 Å². The number of tetrazole rings is 1. The second kappa shape index (κ2) is 4.64. The minimum absolute atomic E-state index is 0.0876. The average molecular weight is 273 g/mol. The van der Waals surface area contributed by atoms with Gasteiger partial charge < -0.3 is 5.32 Å². The quantitative estimate of drug-likeness (QED) is 0.807. The van der Waals surface area contributed by atoms with Crippen LogP contribution in [-0.4, -0.2) is 31.5 Å². The predicted molar refractivity (Wildman–Crippen MR) is 61.1 cm³/mol. The van der Waals surface area contributed by atoms with Crippen LogP contribution in [0.1, 0.15) is 16.2 Å². The first-order valence-corrected chi connectivity index (χ1v) is 5.21. The molecule has 0 saturated heterocycles. The summed E-state index contributed by atoms with van der Waals surface area (Å²) in [6.07, 6.45) is 0. The molecule has 0 unspecified atom stereocenters. The number of pyridine rings is 1. The van der Waals surface area contributed by atoms with Crippen LogP contribution in [0, 0.1) is 6.92 Å². The standard InChI is InChI=1S/C8H6Cl2N6O/c1-3-2-4(9)11-6(10)5(3)12-8(17)7-13-15-16-14-7/h2H,1H3,(H,12,17)(H,13,14,15,16). The number of carbonyl (C=O) groups excluding carboxylic acids is 1. The van der Waals surface area contributed by atoms with Crippen LogP contribution in [0.25, 0.3) is 0 Å². The van der Waals surface area contributed by atoms with Crippen molar-refractivity contribution in [2.24, 2.45) is 0 Å². The molecule has 9 heteroatoms. The van der Waals surface area contributed by atoms with E-state index in [2.05, 4.69) is 30.9 Å². The number of rotatable bonds is 2. The minimum Gasteiger partial charge on any atom is -0.316 e. The van der Waals surface area contributed by atoms with Gasteiger partial charge in [-0.05, 0) is 23.8 Å². The summed E-state index contributed by atoms with van der Waals surface area (Å²) >= 11 is 11.6. The molecule has 88 valence electrons. The van der Waals surface area contributed by atoms with E-state index in [1.807, 2.05) is 0 Å². The molecule has 0 aliphatic rings. The topological polar surface area (TPSA) is 96.5 Å². The average Bonchev–Trinajstić information content (AvgIpc) is 2.76. The summed E-state index contributed by atoms with van der Waals surface area (Å²) in [5.41, 5.74) is 1.05. The monoisotopic (exact) mass is 272 g/mol. The first-order chi connectivity index (χ1) is 8.08. The summed E-state index contributed by atoms with van der Waals surface area (Å²) in [7, 11) is 0. The summed E-state index contributed by atoms with van der Waals surface area (Å²) < 4.78 is 0. The Morgan fingerprint density at radius 3 is 2.82 bits per heavy atom. The summed E-state index contributed by atoms with van der Waals surface area (Å²) in [4.78, 5) is 15.5. The third-order valence-corrected chi connectivity index (χ3v) is 2.40.